The van der Waals surface area contributed by atoms with E-state index in [9.17, 15) is 9.59 Å². The van der Waals surface area contributed by atoms with Gasteiger partial charge in [0.1, 0.15) is 4.83 Å². The first-order chi connectivity index (χ1) is 13.7. The van der Waals surface area contributed by atoms with Crippen molar-refractivity contribution >= 4 is 27.5 Å². The van der Waals surface area contributed by atoms with Crippen molar-refractivity contribution in [1.82, 2.24) is 14.5 Å². The molecular weight excluding hydrogens is 370 g/mol. The predicted octanol–water partition coefficient (Wildman–Crippen LogP) is 3.64. The zero-order valence-electron chi connectivity index (χ0n) is 16.1. The second-order valence-corrected chi connectivity index (χ2v) is 8.28. The van der Waals surface area contributed by atoms with Crippen molar-refractivity contribution < 1.29 is 4.79 Å². The predicted molar refractivity (Wildman–Crippen MR) is 113 cm³/mol. The zero-order valence-corrected chi connectivity index (χ0v) is 17.0. The molecule has 1 aliphatic carbocycles. The van der Waals surface area contributed by atoms with Gasteiger partial charge in [-0.2, -0.15) is 0 Å². The minimum atomic E-state index is -0.0623. The summed E-state index contributed by atoms with van der Waals surface area (Å²) < 4.78 is 1.56. The average Bonchev–Trinajstić information content (AvgIpc) is 3.21. The standard InChI is InChI=1S/C22H25N3O2S/c1-2-11-25(18-8-7-16-5-3-4-6-17(16)14-18)20(26)9-12-24-15-23-21-19(22(24)27)10-13-28-21/h3-6,10,13,15,18H,2,7-9,11-12,14H2,1H3. The molecule has 2 aromatic heterocycles. The van der Waals surface area contributed by atoms with Crippen LogP contribution in [-0.2, 0) is 24.2 Å². The van der Waals surface area contributed by atoms with Gasteiger partial charge in [-0.05, 0) is 48.3 Å². The molecule has 1 aliphatic rings. The Labute approximate surface area is 168 Å². The lowest BCUT2D eigenvalue weighted by Gasteiger charge is -2.35. The summed E-state index contributed by atoms with van der Waals surface area (Å²) in [5.74, 6) is 0.128. The molecule has 1 amide bonds. The highest BCUT2D eigenvalue weighted by atomic mass is 32.1. The minimum Gasteiger partial charge on any atom is -0.339 e. The third-order valence-electron chi connectivity index (χ3n) is 5.56. The lowest BCUT2D eigenvalue weighted by Crippen LogP contribution is -2.44. The molecule has 28 heavy (non-hydrogen) atoms. The fraction of sp³-hybridized carbons (Fsp3) is 0.409. The summed E-state index contributed by atoms with van der Waals surface area (Å²) >= 11 is 1.46. The molecule has 0 saturated heterocycles. The van der Waals surface area contributed by atoms with Crippen molar-refractivity contribution in [3.05, 3.63) is 63.5 Å². The summed E-state index contributed by atoms with van der Waals surface area (Å²) in [6.45, 7) is 3.25. The van der Waals surface area contributed by atoms with Gasteiger partial charge in [0.2, 0.25) is 5.91 Å². The number of fused-ring (bicyclic) bond motifs is 2. The molecule has 0 aliphatic heterocycles. The summed E-state index contributed by atoms with van der Waals surface area (Å²) in [7, 11) is 0. The second kappa shape index (κ2) is 8.27. The fourth-order valence-corrected chi connectivity index (χ4v) is 4.83. The highest BCUT2D eigenvalue weighted by Gasteiger charge is 2.27. The van der Waals surface area contributed by atoms with Crippen LogP contribution in [0, 0.1) is 0 Å². The number of carbonyl (C=O) groups is 1. The Morgan fingerprint density at radius 1 is 1.29 bits per heavy atom. The molecule has 4 rings (SSSR count). The van der Waals surface area contributed by atoms with Crippen molar-refractivity contribution in [2.24, 2.45) is 0 Å². The third kappa shape index (κ3) is 3.74. The van der Waals surface area contributed by atoms with Crippen LogP contribution in [0.5, 0.6) is 0 Å². The number of amides is 1. The molecule has 0 radical (unpaired) electrons. The van der Waals surface area contributed by atoms with Crippen LogP contribution in [0.4, 0.5) is 0 Å². The number of thiophene rings is 1. The van der Waals surface area contributed by atoms with Gasteiger partial charge >= 0.3 is 0 Å². The molecule has 1 aromatic carbocycles. The normalized spacial score (nSPS) is 16.1. The Morgan fingerprint density at radius 3 is 2.93 bits per heavy atom. The van der Waals surface area contributed by atoms with E-state index in [1.165, 1.54) is 22.5 Å². The zero-order chi connectivity index (χ0) is 19.5. The van der Waals surface area contributed by atoms with Gasteiger partial charge in [0.15, 0.2) is 0 Å². The van der Waals surface area contributed by atoms with Crippen LogP contribution in [0.2, 0.25) is 0 Å². The van der Waals surface area contributed by atoms with Crippen molar-refractivity contribution in [3.8, 4) is 0 Å². The van der Waals surface area contributed by atoms with Gasteiger partial charge < -0.3 is 4.90 Å². The van der Waals surface area contributed by atoms with Crippen LogP contribution in [0.15, 0.2) is 46.8 Å². The number of aromatic nitrogens is 2. The van der Waals surface area contributed by atoms with Gasteiger partial charge in [0.25, 0.3) is 5.56 Å². The molecule has 6 heteroatoms. The van der Waals surface area contributed by atoms with Gasteiger partial charge in [0, 0.05) is 25.6 Å². The van der Waals surface area contributed by atoms with Crippen LogP contribution in [0.25, 0.3) is 10.2 Å². The van der Waals surface area contributed by atoms with E-state index in [1.807, 2.05) is 10.3 Å². The van der Waals surface area contributed by atoms with E-state index in [1.54, 1.807) is 17.0 Å². The number of hydrogen-bond acceptors (Lipinski definition) is 4. The largest absolute Gasteiger partial charge is 0.339 e. The quantitative estimate of drug-likeness (QED) is 0.640. The molecule has 0 spiro atoms. The Balaban J connectivity index is 1.46. The van der Waals surface area contributed by atoms with E-state index in [0.717, 1.165) is 37.1 Å². The van der Waals surface area contributed by atoms with E-state index in [2.05, 4.69) is 36.2 Å². The van der Waals surface area contributed by atoms with Crippen LogP contribution in [-0.4, -0.2) is 32.9 Å². The number of aryl methyl sites for hydroxylation is 2. The molecule has 0 bridgehead atoms. The Hall–Kier alpha value is -2.47. The molecule has 1 atom stereocenters. The van der Waals surface area contributed by atoms with Crippen molar-refractivity contribution in [1.29, 1.82) is 0 Å². The van der Waals surface area contributed by atoms with Gasteiger partial charge in [0.05, 0.1) is 11.7 Å². The second-order valence-electron chi connectivity index (χ2n) is 7.39. The molecule has 5 nitrogen and oxygen atoms in total. The monoisotopic (exact) mass is 395 g/mol. The number of carbonyl (C=O) groups excluding carboxylic acids is 1. The number of benzene rings is 1. The number of nitrogens with zero attached hydrogens (tertiary/aromatic N) is 3. The van der Waals surface area contributed by atoms with E-state index in [4.69, 9.17) is 0 Å². The van der Waals surface area contributed by atoms with E-state index in [0.29, 0.717) is 18.4 Å². The first-order valence-corrected chi connectivity index (χ1v) is 10.8. The van der Waals surface area contributed by atoms with Crippen LogP contribution >= 0.6 is 11.3 Å². The first kappa shape index (κ1) is 18.9. The van der Waals surface area contributed by atoms with E-state index >= 15 is 0 Å². The van der Waals surface area contributed by atoms with Crippen molar-refractivity contribution in [2.75, 3.05) is 6.54 Å². The first-order valence-electron chi connectivity index (χ1n) is 9.96. The maximum Gasteiger partial charge on any atom is 0.262 e. The molecular formula is C22H25N3O2S. The van der Waals surface area contributed by atoms with Crippen LogP contribution in [0.3, 0.4) is 0 Å². The van der Waals surface area contributed by atoms with Gasteiger partial charge in [-0.3, -0.25) is 14.2 Å². The molecule has 2 heterocycles. The summed E-state index contributed by atoms with van der Waals surface area (Å²) in [6, 6.07) is 10.6. The van der Waals surface area contributed by atoms with Crippen molar-refractivity contribution in [2.45, 2.75) is 51.6 Å². The smallest absolute Gasteiger partial charge is 0.262 e. The molecule has 0 fully saturated rings. The summed E-state index contributed by atoms with van der Waals surface area (Å²) in [6.07, 6.45) is 5.78. The summed E-state index contributed by atoms with van der Waals surface area (Å²) in [4.78, 5) is 32.7. The Bertz CT molecular complexity index is 1040. The van der Waals surface area contributed by atoms with Gasteiger partial charge in [-0.1, -0.05) is 31.2 Å². The van der Waals surface area contributed by atoms with Crippen molar-refractivity contribution in [3.63, 3.8) is 0 Å². The molecule has 1 unspecified atom stereocenters. The van der Waals surface area contributed by atoms with Crippen LogP contribution < -0.4 is 5.56 Å². The Kier molecular flexibility index (Phi) is 5.57. The number of hydrogen-bond donors (Lipinski definition) is 0. The van der Waals surface area contributed by atoms with Gasteiger partial charge in [-0.25, -0.2) is 4.98 Å². The van der Waals surface area contributed by atoms with E-state index < -0.39 is 0 Å². The average molecular weight is 396 g/mol. The van der Waals surface area contributed by atoms with Gasteiger partial charge in [-0.15, -0.1) is 11.3 Å². The third-order valence-corrected chi connectivity index (χ3v) is 6.38. The summed E-state index contributed by atoms with van der Waals surface area (Å²) in [5.41, 5.74) is 2.70. The lowest BCUT2D eigenvalue weighted by molar-refractivity contribution is -0.134. The maximum atomic E-state index is 13.0. The summed E-state index contributed by atoms with van der Waals surface area (Å²) in [5, 5.41) is 2.51. The highest BCUT2D eigenvalue weighted by Crippen LogP contribution is 2.25. The minimum absolute atomic E-state index is 0.0623. The fourth-order valence-electron chi connectivity index (χ4n) is 4.11. The molecule has 0 N–H and O–H groups in total. The highest BCUT2D eigenvalue weighted by molar-refractivity contribution is 7.16. The SMILES string of the molecule is CCCN(C(=O)CCn1cnc2sccc2c1=O)C1CCc2ccccc2C1. The molecule has 3 aromatic rings. The molecule has 146 valence electrons. The molecule has 0 saturated carbocycles. The van der Waals surface area contributed by atoms with Crippen LogP contribution in [0.1, 0.15) is 37.3 Å². The number of rotatable bonds is 6. The maximum absolute atomic E-state index is 13.0. The lowest BCUT2D eigenvalue weighted by atomic mass is 9.87. The van der Waals surface area contributed by atoms with E-state index in [-0.39, 0.29) is 17.5 Å². The Morgan fingerprint density at radius 2 is 2.11 bits per heavy atom. The topological polar surface area (TPSA) is 55.2 Å².